The molecule has 1 aromatic rings. The molecular formula is C10H7FN2O3. The highest BCUT2D eigenvalue weighted by molar-refractivity contribution is 5.76. The highest BCUT2D eigenvalue weighted by Crippen LogP contribution is 2.18. The van der Waals surface area contributed by atoms with Gasteiger partial charge in [-0.1, -0.05) is 11.8 Å². The average Bonchev–Trinajstić information content (AvgIpc) is 2.16. The Bertz CT molecular complexity index is 503. The maximum absolute atomic E-state index is 12.8. The van der Waals surface area contributed by atoms with Crippen molar-refractivity contribution in [2.24, 2.45) is 5.73 Å². The molecule has 0 unspecified atom stereocenters. The summed E-state index contributed by atoms with van der Waals surface area (Å²) in [5.41, 5.74) is 4.45. The predicted octanol–water partition coefficient (Wildman–Crippen LogP) is 0.961. The average molecular weight is 222 g/mol. The zero-order valence-electron chi connectivity index (χ0n) is 8.07. The van der Waals surface area contributed by atoms with Crippen molar-refractivity contribution < 1.29 is 14.1 Å². The van der Waals surface area contributed by atoms with Gasteiger partial charge in [-0.25, -0.2) is 4.39 Å². The molecule has 0 aromatic heterocycles. The van der Waals surface area contributed by atoms with E-state index in [9.17, 15) is 19.3 Å². The summed E-state index contributed by atoms with van der Waals surface area (Å²) < 4.78 is 12.8. The van der Waals surface area contributed by atoms with Gasteiger partial charge in [0.1, 0.15) is 11.4 Å². The van der Waals surface area contributed by atoms with Crippen molar-refractivity contribution in [2.75, 3.05) is 0 Å². The Kier molecular flexibility index (Phi) is 3.56. The van der Waals surface area contributed by atoms with Gasteiger partial charge in [-0.2, -0.15) is 0 Å². The van der Waals surface area contributed by atoms with Gasteiger partial charge in [-0.15, -0.1) is 0 Å². The summed E-state index contributed by atoms with van der Waals surface area (Å²) in [5, 5.41) is 10.6. The molecule has 0 saturated carbocycles. The molecule has 0 spiro atoms. The SMILES string of the molecule is NC(=O)CC#Cc1cc(F)ccc1[N+](=O)[O-]. The summed E-state index contributed by atoms with van der Waals surface area (Å²) in [6.45, 7) is 0. The van der Waals surface area contributed by atoms with Gasteiger partial charge in [-0.3, -0.25) is 14.9 Å². The van der Waals surface area contributed by atoms with E-state index in [1.54, 1.807) is 0 Å². The number of rotatable bonds is 2. The van der Waals surface area contributed by atoms with Crippen LogP contribution in [-0.4, -0.2) is 10.8 Å². The van der Waals surface area contributed by atoms with E-state index >= 15 is 0 Å². The van der Waals surface area contributed by atoms with Gasteiger partial charge in [0.2, 0.25) is 5.91 Å². The molecule has 0 radical (unpaired) electrons. The molecule has 1 rings (SSSR count). The van der Waals surface area contributed by atoms with Crippen LogP contribution in [0.4, 0.5) is 10.1 Å². The molecule has 16 heavy (non-hydrogen) atoms. The second kappa shape index (κ2) is 4.89. The second-order valence-electron chi connectivity index (χ2n) is 2.86. The van der Waals surface area contributed by atoms with E-state index in [1.165, 1.54) is 0 Å². The summed E-state index contributed by atoms with van der Waals surface area (Å²) in [6, 6.07) is 2.92. The Morgan fingerprint density at radius 1 is 1.56 bits per heavy atom. The monoisotopic (exact) mass is 222 g/mol. The van der Waals surface area contributed by atoms with Crippen molar-refractivity contribution in [1.29, 1.82) is 0 Å². The number of hydrogen-bond donors (Lipinski definition) is 1. The van der Waals surface area contributed by atoms with Crippen molar-refractivity contribution in [3.8, 4) is 11.8 Å². The lowest BCUT2D eigenvalue weighted by molar-refractivity contribution is -0.385. The maximum Gasteiger partial charge on any atom is 0.285 e. The van der Waals surface area contributed by atoms with Gasteiger partial charge in [-0.05, 0) is 12.1 Å². The van der Waals surface area contributed by atoms with Crippen molar-refractivity contribution in [1.82, 2.24) is 0 Å². The molecule has 0 heterocycles. The van der Waals surface area contributed by atoms with Crippen LogP contribution in [-0.2, 0) is 4.79 Å². The fraction of sp³-hybridized carbons (Fsp3) is 0.100. The Morgan fingerprint density at radius 3 is 2.81 bits per heavy atom. The molecule has 0 aliphatic rings. The molecule has 0 aliphatic heterocycles. The van der Waals surface area contributed by atoms with E-state index in [2.05, 4.69) is 11.8 Å². The second-order valence-corrected chi connectivity index (χ2v) is 2.86. The molecule has 6 heteroatoms. The topological polar surface area (TPSA) is 86.2 Å². The van der Waals surface area contributed by atoms with Crippen molar-refractivity contribution in [3.63, 3.8) is 0 Å². The minimum atomic E-state index is -0.673. The number of nitrogens with two attached hydrogens (primary N) is 1. The number of benzene rings is 1. The van der Waals surface area contributed by atoms with Gasteiger partial charge in [0.05, 0.1) is 11.3 Å². The highest BCUT2D eigenvalue weighted by atomic mass is 19.1. The fourth-order valence-corrected chi connectivity index (χ4v) is 0.994. The van der Waals surface area contributed by atoms with Crippen molar-refractivity contribution in [2.45, 2.75) is 6.42 Å². The molecule has 1 aromatic carbocycles. The first-order valence-electron chi connectivity index (χ1n) is 4.22. The van der Waals surface area contributed by atoms with Crippen molar-refractivity contribution in [3.05, 3.63) is 39.7 Å². The van der Waals surface area contributed by atoms with Crippen LogP contribution in [0.3, 0.4) is 0 Å². The maximum atomic E-state index is 12.8. The normalized spacial score (nSPS) is 9.06. The largest absolute Gasteiger partial charge is 0.369 e. The highest BCUT2D eigenvalue weighted by Gasteiger charge is 2.12. The summed E-state index contributed by atoms with van der Waals surface area (Å²) >= 11 is 0. The van der Waals surface area contributed by atoms with Crippen LogP contribution in [0, 0.1) is 27.8 Å². The molecule has 0 saturated heterocycles. The number of halogens is 1. The number of carbonyl (C=O) groups is 1. The molecule has 82 valence electrons. The standard InChI is InChI=1S/C10H7FN2O3/c11-8-4-5-9(13(15)16)7(6-8)2-1-3-10(12)14/h4-6H,3H2,(H2,12,14). The van der Waals surface area contributed by atoms with E-state index in [1.807, 2.05) is 0 Å². The third-order valence-corrected chi connectivity index (χ3v) is 1.64. The third kappa shape index (κ3) is 3.06. The van der Waals surface area contributed by atoms with E-state index in [0.717, 1.165) is 18.2 Å². The van der Waals surface area contributed by atoms with Crippen LogP contribution in [0.25, 0.3) is 0 Å². The smallest absolute Gasteiger partial charge is 0.285 e. The zero-order valence-corrected chi connectivity index (χ0v) is 8.07. The number of hydrogen-bond acceptors (Lipinski definition) is 3. The van der Waals surface area contributed by atoms with Gasteiger partial charge in [0, 0.05) is 6.07 Å². The number of primary amides is 1. The summed E-state index contributed by atoms with van der Waals surface area (Å²) in [4.78, 5) is 20.3. The van der Waals surface area contributed by atoms with Crippen LogP contribution in [0.2, 0.25) is 0 Å². The van der Waals surface area contributed by atoms with Crippen LogP contribution < -0.4 is 5.73 Å². The van der Waals surface area contributed by atoms with Gasteiger partial charge in [0.15, 0.2) is 0 Å². The van der Waals surface area contributed by atoms with Crippen LogP contribution in [0.15, 0.2) is 18.2 Å². The first-order chi connectivity index (χ1) is 7.50. The summed E-state index contributed by atoms with van der Waals surface area (Å²) in [5.74, 6) is 3.38. The quantitative estimate of drug-likeness (QED) is 0.459. The lowest BCUT2D eigenvalue weighted by Crippen LogP contribution is -2.08. The molecule has 0 aliphatic carbocycles. The third-order valence-electron chi connectivity index (χ3n) is 1.64. The minimum absolute atomic E-state index is 0.0775. The van der Waals surface area contributed by atoms with Crippen LogP contribution >= 0.6 is 0 Å². The number of carbonyl (C=O) groups excluding carboxylic acids is 1. The first-order valence-corrected chi connectivity index (χ1v) is 4.22. The number of nitro groups is 1. The molecular weight excluding hydrogens is 215 g/mol. The predicted molar refractivity (Wildman–Crippen MR) is 53.7 cm³/mol. The lowest BCUT2D eigenvalue weighted by atomic mass is 10.2. The van der Waals surface area contributed by atoms with Crippen LogP contribution in [0.5, 0.6) is 0 Å². The van der Waals surface area contributed by atoms with Crippen LogP contribution in [0.1, 0.15) is 12.0 Å². The molecule has 1 amide bonds. The van der Waals surface area contributed by atoms with Gasteiger partial charge < -0.3 is 5.73 Å². The molecule has 5 nitrogen and oxygen atoms in total. The van der Waals surface area contributed by atoms with E-state index in [4.69, 9.17) is 5.73 Å². The minimum Gasteiger partial charge on any atom is -0.369 e. The van der Waals surface area contributed by atoms with Crippen molar-refractivity contribution >= 4 is 11.6 Å². The Labute approximate surface area is 90.2 Å². The van der Waals surface area contributed by atoms with E-state index < -0.39 is 16.6 Å². The number of nitro benzene ring substituents is 1. The molecule has 0 atom stereocenters. The summed E-state index contributed by atoms with van der Waals surface area (Å²) in [7, 11) is 0. The summed E-state index contributed by atoms with van der Waals surface area (Å²) in [6.07, 6.45) is -0.229. The molecule has 0 bridgehead atoms. The van der Waals surface area contributed by atoms with E-state index in [-0.39, 0.29) is 17.7 Å². The molecule has 0 fully saturated rings. The van der Waals surface area contributed by atoms with Gasteiger partial charge >= 0.3 is 0 Å². The first kappa shape index (κ1) is 11.7. The zero-order chi connectivity index (χ0) is 12.1. The van der Waals surface area contributed by atoms with Gasteiger partial charge in [0.25, 0.3) is 5.69 Å². The lowest BCUT2D eigenvalue weighted by Gasteiger charge is -1.94. The Hall–Kier alpha value is -2.42. The number of nitrogens with zero attached hydrogens (tertiary/aromatic N) is 1. The fourth-order valence-electron chi connectivity index (χ4n) is 0.994. The molecule has 2 N–H and O–H groups in total. The number of amides is 1. The Balaban J connectivity index is 3.08. The van der Waals surface area contributed by atoms with E-state index in [0.29, 0.717) is 0 Å². The Morgan fingerprint density at radius 2 is 2.25 bits per heavy atom.